The minimum atomic E-state index is -0.00949. The molecule has 0 amide bonds. The number of carbonyl (C=O) groups is 1. The number of ketones is 1. The Morgan fingerprint density at radius 1 is 0.800 bits per heavy atom. The van der Waals surface area contributed by atoms with Crippen LogP contribution < -0.4 is 0 Å². The van der Waals surface area contributed by atoms with Crippen LogP contribution in [0.1, 0.15) is 15.9 Å². The highest BCUT2D eigenvalue weighted by molar-refractivity contribution is 6.24. The van der Waals surface area contributed by atoms with Gasteiger partial charge in [0.05, 0.1) is 23.2 Å². The van der Waals surface area contributed by atoms with Gasteiger partial charge in [-0.2, -0.15) is 0 Å². The second-order valence-electron chi connectivity index (χ2n) is 5.85. The predicted molar refractivity (Wildman–Crippen MR) is 94.0 cm³/mol. The number of fused-ring (bicyclic) bond motifs is 3. The molecular formula is C21H12N2O2. The highest BCUT2D eigenvalue weighted by atomic mass is 16.3. The molecule has 0 bridgehead atoms. The quantitative estimate of drug-likeness (QED) is 0.475. The number of hydrogen-bond acceptors (Lipinski definition) is 4. The second kappa shape index (κ2) is 5.24. The SMILES string of the molecule is O=C1c2ccccc2-c2nc(-c3ccco3)cc(-c3ccccn3)c21. The maximum absolute atomic E-state index is 13.0. The molecule has 3 aromatic heterocycles. The largest absolute Gasteiger partial charge is 0.463 e. The molecule has 1 aliphatic carbocycles. The topological polar surface area (TPSA) is 56.0 Å². The maximum atomic E-state index is 13.0. The molecule has 0 saturated carbocycles. The van der Waals surface area contributed by atoms with E-state index in [9.17, 15) is 4.79 Å². The van der Waals surface area contributed by atoms with Crippen LogP contribution in [-0.2, 0) is 0 Å². The van der Waals surface area contributed by atoms with Crippen molar-refractivity contribution in [3.63, 3.8) is 0 Å². The number of pyridine rings is 2. The first-order chi connectivity index (χ1) is 12.3. The lowest BCUT2D eigenvalue weighted by molar-refractivity contribution is 0.104. The fourth-order valence-corrected chi connectivity index (χ4v) is 3.27. The molecule has 4 aromatic rings. The summed E-state index contributed by atoms with van der Waals surface area (Å²) < 4.78 is 5.52. The summed E-state index contributed by atoms with van der Waals surface area (Å²) in [7, 11) is 0. The highest BCUT2D eigenvalue weighted by Crippen LogP contribution is 2.41. The molecule has 25 heavy (non-hydrogen) atoms. The number of hydrogen-bond donors (Lipinski definition) is 0. The van der Waals surface area contributed by atoms with Crippen molar-refractivity contribution in [2.24, 2.45) is 0 Å². The van der Waals surface area contributed by atoms with Gasteiger partial charge in [-0.15, -0.1) is 0 Å². The summed E-state index contributed by atoms with van der Waals surface area (Å²) in [6.07, 6.45) is 3.34. The van der Waals surface area contributed by atoms with Gasteiger partial charge in [-0.1, -0.05) is 30.3 Å². The van der Waals surface area contributed by atoms with Gasteiger partial charge < -0.3 is 4.42 Å². The van der Waals surface area contributed by atoms with Gasteiger partial charge in [-0.05, 0) is 30.3 Å². The molecule has 118 valence electrons. The highest BCUT2D eigenvalue weighted by Gasteiger charge is 2.32. The summed E-state index contributed by atoms with van der Waals surface area (Å²) in [6.45, 7) is 0. The molecule has 3 heterocycles. The number of furan rings is 1. The molecule has 0 aliphatic heterocycles. The first-order valence-electron chi connectivity index (χ1n) is 7.97. The van der Waals surface area contributed by atoms with E-state index in [0.717, 1.165) is 16.8 Å². The number of nitrogens with zero attached hydrogens (tertiary/aromatic N) is 2. The van der Waals surface area contributed by atoms with Gasteiger partial charge in [0, 0.05) is 22.9 Å². The Hall–Kier alpha value is -3.53. The number of rotatable bonds is 2. The van der Waals surface area contributed by atoms with Crippen molar-refractivity contribution in [1.29, 1.82) is 0 Å². The summed E-state index contributed by atoms with van der Waals surface area (Å²) in [5.74, 6) is 0.654. The zero-order valence-corrected chi connectivity index (χ0v) is 13.1. The molecule has 0 spiro atoms. The molecule has 5 rings (SSSR count). The van der Waals surface area contributed by atoms with Gasteiger partial charge in [-0.3, -0.25) is 9.78 Å². The smallest absolute Gasteiger partial charge is 0.196 e. The molecule has 1 aliphatic rings. The van der Waals surface area contributed by atoms with E-state index in [0.29, 0.717) is 28.3 Å². The molecule has 4 heteroatoms. The molecule has 0 fully saturated rings. The molecule has 0 N–H and O–H groups in total. The minimum Gasteiger partial charge on any atom is -0.463 e. The van der Waals surface area contributed by atoms with Crippen LogP contribution in [0.2, 0.25) is 0 Å². The van der Waals surface area contributed by atoms with Gasteiger partial charge in [0.15, 0.2) is 11.5 Å². The summed E-state index contributed by atoms with van der Waals surface area (Å²) in [5.41, 5.74) is 5.04. The summed E-state index contributed by atoms with van der Waals surface area (Å²) in [5, 5.41) is 0. The summed E-state index contributed by atoms with van der Waals surface area (Å²) >= 11 is 0. The van der Waals surface area contributed by atoms with Crippen molar-refractivity contribution >= 4 is 5.78 Å². The van der Waals surface area contributed by atoms with Crippen LogP contribution in [0.4, 0.5) is 0 Å². The second-order valence-corrected chi connectivity index (χ2v) is 5.85. The van der Waals surface area contributed by atoms with Gasteiger partial charge in [0.25, 0.3) is 0 Å². The third-order valence-corrected chi connectivity index (χ3v) is 4.39. The van der Waals surface area contributed by atoms with Crippen molar-refractivity contribution in [2.75, 3.05) is 0 Å². The molecule has 4 nitrogen and oxygen atoms in total. The number of benzene rings is 1. The molecule has 0 radical (unpaired) electrons. The Morgan fingerprint density at radius 2 is 1.64 bits per heavy atom. The first kappa shape index (κ1) is 13.9. The molecular weight excluding hydrogens is 312 g/mol. The zero-order chi connectivity index (χ0) is 16.8. The molecule has 0 saturated heterocycles. The van der Waals surface area contributed by atoms with Crippen LogP contribution >= 0.6 is 0 Å². The summed E-state index contributed by atoms with van der Waals surface area (Å²) in [4.78, 5) is 22.2. The molecule has 0 unspecified atom stereocenters. The lowest BCUT2D eigenvalue weighted by Gasteiger charge is -2.09. The lowest BCUT2D eigenvalue weighted by atomic mass is 10.0. The lowest BCUT2D eigenvalue weighted by Crippen LogP contribution is -2.01. The van der Waals surface area contributed by atoms with Crippen LogP contribution in [0.15, 0.2) is 77.5 Å². The Bertz CT molecular complexity index is 1100. The van der Waals surface area contributed by atoms with E-state index in [1.165, 1.54) is 0 Å². The average Bonchev–Trinajstić information content (AvgIpc) is 3.30. The van der Waals surface area contributed by atoms with Crippen molar-refractivity contribution in [3.05, 3.63) is 84.3 Å². The third-order valence-electron chi connectivity index (χ3n) is 4.39. The standard InChI is InChI=1S/C21H12N2O2/c24-21-14-7-2-1-6-13(14)20-19(21)15(16-8-3-4-10-22-16)12-17(23-20)18-9-5-11-25-18/h1-12H. The van der Waals surface area contributed by atoms with E-state index in [1.807, 2.05) is 60.7 Å². The molecule has 0 atom stereocenters. The van der Waals surface area contributed by atoms with E-state index >= 15 is 0 Å². The van der Waals surface area contributed by atoms with E-state index in [-0.39, 0.29) is 5.78 Å². The van der Waals surface area contributed by atoms with Gasteiger partial charge in [0.1, 0.15) is 5.69 Å². The van der Waals surface area contributed by atoms with E-state index in [4.69, 9.17) is 9.40 Å². The van der Waals surface area contributed by atoms with Crippen LogP contribution in [0, 0.1) is 0 Å². The van der Waals surface area contributed by atoms with Gasteiger partial charge in [0.2, 0.25) is 0 Å². The van der Waals surface area contributed by atoms with E-state index in [2.05, 4.69) is 4.98 Å². The summed E-state index contributed by atoms with van der Waals surface area (Å²) in [6, 6.07) is 18.8. The Labute approximate surface area is 143 Å². The van der Waals surface area contributed by atoms with E-state index < -0.39 is 0 Å². The minimum absolute atomic E-state index is 0.00949. The van der Waals surface area contributed by atoms with Crippen LogP contribution in [0.25, 0.3) is 34.0 Å². The maximum Gasteiger partial charge on any atom is 0.196 e. The first-order valence-corrected chi connectivity index (χ1v) is 7.97. The van der Waals surface area contributed by atoms with Crippen molar-refractivity contribution in [1.82, 2.24) is 9.97 Å². The van der Waals surface area contributed by atoms with Crippen molar-refractivity contribution in [3.8, 4) is 34.0 Å². The monoisotopic (exact) mass is 324 g/mol. The fourth-order valence-electron chi connectivity index (χ4n) is 3.27. The average molecular weight is 324 g/mol. The Kier molecular flexibility index (Phi) is 2.91. The normalized spacial score (nSPS) is 12.1. The van der Waals surface area contributed by atoms with Gasteiger partial charge >= 0.3 is 0 Å². The predicted octanol–water partition coefficient (Wildman–Crippen LogP) is 4.62. The third kappa shape index (κ3) is 2.04. The fraction of sp³-hybridized carbons (Fsp3) is 0. The number of carbonyl (C=O) groups excluding carboxylic acids is 1. The Balaban J connectivity index is 1.86. The van der Waals surface area contributed by atoms with Crippen LogP contribution in [0.3, 0.4) is 0 Å². The van der Waals surface area contributed by atoms with Crippen LogP contribution in [-0.4, -0.2) is 15.8 Å². The van der Waals surface area contributed by atoms with Gasteiger partial charge in [-0.25, -0.2) is 4.98 Å². The number of aromatic nitrogens is 2. The van der Waals surface area contributed by atoms with E-state index in [1.54, 1.807) is 12.5 Å². The zero-order valence-electron chi connectivity index (χ0n) is 13.1. The molecule has 1 aromatic carbocycles. The van der Waals surface area contributed by atoms with Crippen molar-refractivity contribution in [2.45, 2.75) is 0 Å². The van der Waals surface area contributed by atoms with Crippen LogP contribution in [0.5, 0.6) is 0 Å². The van der Waals surface area contributed by atoms with Crippen molar-refractivity contribution < 1.29 is 9.21 Å². The Morgan fingerprint density at radius 3 is 2.40 bits per heavy atom.